The van der Waals surface area contributed by atoms with E-state index < -0.39 is 0 Å². The number of piperazine rings is 1. The van der Waals surface area contributed by atoms with Crippen LogP contribution in [-0.4, -0.2) is 67.3 Å². The second kappa shape index (κ2) is 12.4. The summed E-state index contributed by atoms with van der Waals surface area (Å²) in [6.07, 6.45) is 4.94. The number of hydrogen-bond acceptors (Lipinski definition) is 9. The van der Waals surface area contributed by atoms with Gasteiger partial charge >= 0.3 is 0 Å². The van der Waals surface area contributed by atoms with E-state index in [-0.39, 0.29) is 0 Å². The van der Waals surface area contributed by atoms with Gasteiger partial charge in [-0.1, -0.05) is 0 Å². The number of benzene rings is 1. The fourth-order valence-corrected chi connectivity index (χ4v) is 3.89. The van der Waals surface area contributed by atoms with Gasteiger partial charge in [0.05, 0.1) is 0 Å². The van der Waals surface area contributed by atoms with Crippen molar-refractivity contribution in [3.63, 3.8) is 0 Å². The van der Waals surface area contributed by atoms with Gasteiger partial charge in [0.25, 0.3) is 0 Å². The third kappa shape index (κ3) is 8.35. The Morgan fingerprint density at radius 2 is 1.82 bits per heavy atom. The highest BCUT2D eigenvalue weighted by Crippen LogP contribution is 2.30. The number of carbonyl (C=O) groups excluding carboxylic acids is 1. The zero-order valence-corrected chi connectivity index (χ0v) is 20.9. The number of likely N-dealkylation sites (N-methyl/N-ethyl adjacent to an activating group) is 1. The first-order valence-corrected chi connectivity index (χ1v) is 12.2. The predicted molar refractivity (Wildman–Crippen MR) is 140 cm³/mol. The number of allylic oxidation sites excluding steroid dienone is 1. The fourth-order valence-electron chi connectivity index (χ4n) is 3.13. The van der Waals surface area contributed by atoms with Gasteiger partial charge in [-0.15, -0.1) is 0 Å². The van der Waals surface area contributed by atoms with E-state index in [2.05, 4.69) is 32.1 Å². The number of aliphatic imine (C=N–C) groups is 1. The number of hydrogen-bond donors (Lipinski definition) is 3. The van der Waals surface area contributed by atoms with Crippen molar-refractivity contribution in [2.24, 2.45) is 22.4 Å². The van der Waals surface area contributed by atoms with Crippen molar-refractivity contribution >= 4 is 41.2 Å². The van der Waals surface area contributed by atoms with Crippen LogP contribution in [0.1, 0.15) is 19.8 Å². The van der Waals surface area contributed by atoms with E-state index in [1.807, 2.05) is 37.4 Å². The topological polar surface area (TPSA) is 126 Å². The Bertz CT molecular complexity index is 1010. The lowest BCUT2D eigenvalue weighted by molar-refractivity contribution is -0.108. The predicted octanol–water partition coefficient (Wildman–Crippen LogP) is 2.87. The highest BCUT2D eigenvalue weighted by Gasteiger charge is 2.19. The summed E-state index contributed by atoms with van der Waals surface area (Å²) in [6.45, 7) is 5.58. The molecular weight excluding hydrogens is 448 g/mol. The zero-order chi connectivity index (χ0) is 24.5. The summed E-state index contributed by atoms with van der Waals surface area (Å²) in [5.41, 5.74) is 13.3. The zero-order valence-electron chi connectivity index (χ0n) is 20.1. The summed E-state index contributed by atoms with van der Waals surface area (Å²) in [5, 5.41) is 3.76. The van der Waals surface area contributed by atoms with Gasteiger partial charge in [-0.3, -0.25) is 0 Å². The maximum atomic E-state index is 9.57. The van der Waals surface area contributed by atoms with Crippen molar-refractivity contribution in [2.45, 2.75) is 29.8 Å². The Morgan fingerprint density at radius 3 is 2.35 bits per heavy atom. The summed E-state index contributed by atoms with van der Waals surface area (Å²) < 4.78 is 0. The van der Waals surface area contributed by atoms with Crippen molar-refractivity contribution in [3.05, 3.63) is 42.1 Å². The average Bonchev–Trinajstić information content (AvgIpc) is 3.64. The lowest BCUT2D eigenvalue weighted by atomic mass is 10.3. The van der Waals surface area contributed by atoms with Gasteiger partial charge in [0.1, 0.15) is 17.9 Å². The minimum absolute atomic E-state index is 0.322. The molecule has 1 saturated heterocycles. The van der Waals surface area contributed by atoms with Crippen LogP contribution in [0.3, 0.4) is 0 Å². The number of rotatable bonds is 7. The second-order valence-corrected chi connectivity index (χ2v) is 9.47. The molecule has 10 heteroatoms. The molecule has 0 radical (unpaired) electrons. The minimum Gasteiger partial charge on any atom is -0.402 e. The molecule has 1 aliphatic heterocycles. The van der Waals surface area contributed by atoms with Crippen LogP contribution >= 0.6 is 11.8 Å². The number of aromatic nitrogens is 2. The summed E-state index contributed by atoms with van der Waals surface area (Å²) >= 11 is 1.50. The van der Waals surface area contributed by atoms with Crippen LogP contribution < -0.4 is 21.7 Å². The summed E-state index contributed by atoms with van der Waals surface area (Å²) in [6, 6.07) is 10.0. The van der Waals surface area contributed by atoms with Gasteiger partial charge in [-0.2, -0.15) is 0 Å². The molecular formula is C24H34N8OS. The van der Waals surface area contributed by atoms with E-state index >= 15 is 0 Å². The Balaban J connectivity index is 0.000000574. The molecule has 2 heterocycles. The molecule has 182 valence electrons. The molecule has 1 saturated carbocycles. The number of aldehydes is 1. The van der Waals surface area contributed by atoms with Crippen molar-refractivity contribution < 1.29 is 4.79 Å². The van der Waals surface area contributed by atoms with Crippen LogP contribution in [0.25, 0.3) is 0 Å². The van der Waals surface area contributed by atoms with Gasteiger partial charge in [-0.05, 0) is 68.9 Å². The van der Waals surface area contributed by atoms with Gasteiger partial charge in [0, 0.05) is 61.5 Å². The van der Waals surface area contributed by atoms with Gasteiger partial charge in [0.2, 0.25) is 0 Å². The molecule has 0 unspecified atom stereocenters. The second-order valence-electron chi connectivity index (χ2n) is 8.43. The Kier molecular flexibility index (Phi) is 9.29. The lowest BCUT2D eigenvalue weighted by Gasteiger charge is -2.33. The number of anilines is 2. The third-order valence-electron chi connectivity index (χ3n) is 5.29. The van der Waals surface area contributed by atoms with E-state index in [0.717, 1.165) is 61.7 Å². The maximum absolute atomic E-state index is 9.57. The molecule has 0 atom stereocenters. The highest BCUT2D eigenvalue weighted by molar-refractivity contribution is 7.99. The molecule has 0 amide bonds. The number of amidine groups is 1. The summed E-state index contributed by atoms with van der Waals surface area (Å²) in [5.74, 6) is 2.16. The van der Waals surface area contributed by atoms with Crippen molar-refractivity contribution in [1.29, 1.82) is 0 Å². The lowest BCUT2D eigenvalue weighted by Crippen LogP contribution is -2.44. The Labute approximate surface area is 205 Å². The smallest absolute Gasteiger partial charge is 0.196 e. The molecule has 2 fully saturated rings. The standard InChI is InChI=1S/C20H28N8S.C4H6O/c1-14(21)12-17(22)24-18-13-19(28-10-8-27(3)9-11-28)26-20(25-18)29-16-6-4-15(23-2)5-7-16;5-3-4-1-2-4/h4-7,12-13,23H,8-11,21H2,1-3H3,(H2,22,24,25,26);3-4H,1-2H2/b14-12-;. The first-order valence-electron chi connectivity index (χ1n) is 11.4. The van der Waals surface area contributed by atoms with Crippen LogP contribution in [-0.2, 0) is 4.79 Å². The van der Waals surface area contributed by atoms with Gasteiger partial charge in [-0.25, -0.2) is 15.0 Å². The molecule has 2 aromatic rings. The largest absolute Gasteiger partial charge is 0.402 e. The molecule has 34 heavy (non-hydrogen) atoms. The van der Waals surface area contributed by atoms with E-state index in [4.69, 9.17) is 16.5 Å². The number of nitrogens with two attached hydrogens (primary N) is 2. The first-order chi connectivity index (χ1) is 16.4. The van der Waals surface area contributed by atoms with Crippen LogP contribution in [0.5, 0.6) is 0 Å². The van der Waals surface area contributed by atoms with E-state index in [9.17, 15) is 4.79 Å². The first kappa shape index (κ1) is 25.5. The van der Waals surface area contributed by atoms with Gasteiger partial charge in [0.15, 0.2) is 11.0 Å². The van der Waals surface area contributed by atoms with Gasteiger partial charge < -0.3 is 31.4 Å². The molecule has 0 bridgehead atoms. The van der Waals surface area contributed by atoms with Crippen LogP contribution in [0.15, 0.2) is 57.1 Å². The molecule has 1 aliphatic carbocycles. The molecule has 1 aromatic heterocycles. The molecule has 2 aliphatic rings. The van der Waals surface area contributed by atoms with E-state index in [1.165, 1.54) is 11.8 Å². The van der Waals surface area contributed by atoms with Crippen molar-refractivity contribution in [2.75, 3.05) is 50.5 Å². The maximum Gasteiger partial charge on any atom is 0.196 e. The monoisotopic (exact) mass is 482 g/mol. The van der Waals surface area contributed by atoms with Crippen molar-refractivity contribution in [1.82, 2.24) is 14.9 Å². The fraction of sp³-hybridized carbons (Fsp3) is 0.417. The molecule has 4 rings (SSSR count). The summed E-state index contributed by atoms with van der Waals surface area (Å²) in [7, 11) is 4.03. The van der Waals surface area contributed by atoms with E-state index in [0.29, 0.717) is 28.4 Å². The third-order valence-corrected chi connectivity index (χ3v) is 6.16. The quantitative estimate of drug-likeness (QED) is 0.236. The normalized spacial score (nSPS) is 17.1. The van der Waals surface area contributed by atoms with Crippen LogP contribution in [0.2, 0.25) is 0 Å². The van der Waals surface area contributed by atoms with Crippen LogP contribution in [0.4, 0.5) is 17.3 Å². The molecule has 1 aromatic carbocycles. The average molecular weight is 483 g/mol. The van der Waals surface area contributed by atoms with E-state index in [1.54, 1.807) is 13.0 Å². The Hall–Kier alpha value is -3.11. The molecule has 0 spiro atoms. The van der Waals surface area contributed by atoms with Crippen LogP contribution in [0, 0.1) is 5.92 Å². The summed E-state index contributed by atoms with van der Waals surface area (Å²) in [4.78, 5) is 29.0. The minimum atomic E-state index is 0.322. The molecule has 9 nitrogen and oxygen atoms in total. The van der Waals surface area contributed by atoms with Crippen molar-refractivity contribution in [3.8, 4) is 0 Å². The Morgan fingerprint density at radius 1 is 1.15 bits per heavy atom. The number of carbonyl (C=O) groups is 1. The number of nitrogens with zero attached hydrogens (tertiary/aromatic N) is 5. The SMILES string of the molecule is CNc1ccc(Sc2nc(/N=C(N)/C=C(/C)N)cc(N3CCN(C)CC3)n2)cc1.O=CC1CC1. The highest BCUT2D eigenvalue weighted by atomic mass is 32.2. The number of nitrogens with one attached hydrogen (secondary N) is 1. The molecule has 5 N–H and O–H groups in total.